The highest BCUT2D eigenvalue weighted by Crippen LogP contribution is 2.34. The van der Waals surface area contributed by atoms with Crippen LogP contribution in [0, 0.1) is 15.0 Å². The summed E-state index contributed by atoms with van der Waals surface area (Å²) in [6, 6.07) is 14.5. The average Bonchev–Trinajstić information content (AvgIpc) is 3.15. The molecule has 3 aromatic rings. The van der Waals surface area contributed by atoms with E-state index in [2.05, 4.69) is 89.3 Å². The average molecular weight is 585 g/mol. The van der Waals surface area contributed by atoms with Crippen molar-refractivity contribution in [3.05, 3.63) is 57.3 Å². The Balaban J connectivity index is 1.57. The number of ether oxygens (including phenoxy) is 1. The van der Waals surface area contributed by atoms with Crippen LogP contribution < -0.4 is 5.43 Å². The second kappa shape index (κ2) is 9.58. The fraction of sp³-hybridized carbons (Fsp3) is 0.429. The molecule has 0 radical (unpaired) electrons. The number of aromatic amines is 1. The topological polar surface area (TPSA) is 74.4 Å². The number of carbonyl (C=O) groups is 2. The molecule has 184 valence electrons. The van der Waals surface area contributed by atoms with Crippen molar-refractivity contribution in [3.63, 3.8) is 0 Å². The van der Waals surface area contributed by atoms with Gasteiger partial charge in [0.05, 0.1) is 10.3 Å². The molecule has 7 heteroatoms. The van der Waals surface area contributed by atoms with Crippen LogP contribution in [-0.4, -0.2) is 41.1 Å². The molecule has 2 N–H and O–H groups in total. The quantitative estimate of drug-likeness (QED) is 0.280. The first-order chi connectivity index (χ1) is 16.7. The fourth-order valence-electron chi connectivity index (χ4n) is 5.16. The molecule has 2 aliphatic rings. The Morgan fingerprint density at radius 3 is 2.74 bits per heavy atom. The minimum Gasteiger partial charge on any atom is -0.464 e. The van der Waals surface area contributed by atoms with Crippen LogP contribution >= 0.6 is 22.6 Å². The summed E-state index contributed by atoms with van der Waals surface area (Å²) in [4.78, 5) is 29.7. The van der Waals surface area contributed by atoms with Gasteiger partial charge < -0.3 is 9.72 Å². The van der Waals surface area contributed by atoms with Gasteiger partial charge in [0.15, 0.2) is 0 Å². The maximum Gasteiger partial charge on any atom is 0.324 e. The van der Waals surface area contributed by atoms with Crippen LogP contribution in [-0.2, 0) is 27.2 Å². The van der Waals surface area contributed by atoms with E-state index in [1.807, 2.05) is 6.92 Å². The first-order valence-electron chi connectivity index (χ1n) is 12.3. The summed E-state index contributed by atoms with van der Waals surface area (Å²) in [5, 5.41) is 2.83. The molecule has 2 aliphatic heterocycles. The minimum absolute atomic E-state index is 0.0160. The van der Waals surface area contributed by atoms with E-state index in [4.69, 9.17) is 4.74 Å². The van der Waals surface area contributed by atoms with Crippen molar-refractivity contribution < 1.29 is 14.3 Å². The number of benzene rings is 2. The number of cyclic esters (lactones) is 1. The number of hydrogen-bond acceptors (Lipinski definition) is 4. The number of aromatic nitrogens is 1. The van der Waals surface area contributed by atoms with Gasteiger partial charge in [-0.25, -0.2) is 5.43 Å². The number of hydrazine groups is 1. The van der Waals surface area contributed by atoms with Gasteiger partial charge in [-0.05, 0) is 82.7 Å². The van der Waals surface area contributed by atoms with Crippen LogP contribution in [0.1, 0.15) is 44.7 Å². The Morgan fingerprint density at radius 2 is 1.91 bits per heavy atom. The maximum absolute atomic E-state index is 13.2. The molecule has 2 atom stereocenters. The lowest BCUT2D eigenvalue weighted by Crippen LogP contribution is -2.56. The largest absolute Gasteiger partial charge is 0.464 e. The van der Waals surface area contributed by atoms with Gasteiger partial charge in [-0.1, -0.05) is 51.1 Å². The summed E-state index contributed by atoms with van der Waals surface area (Å²) in [7, 11) is 0. The summed E-state index contributed by atoms with van der Waals surface area (Å²) in [5.41, 5.74) is 8.70. The second-order valence-electron chi connectivity index (χ2n) is 10.7. The number of esters is 1. The maximum atomic E-state index is 13.2. The Morgan fingerprint density at radius 1 is 1.11 bits per heavy atom. The van der Waals surface area contributed by atoms with Gasteiger partial charge in [0, 0.05) is 28.8 Å². The van der Waals surface area contributed by atoms with Crippen molar-refractivity contribution in [3.8, 4) is 11.1 Å². The van der Waals surface area contributed by atoms with E-state index >= 15 is 0 Å². The number of halogens is 1. The zero-order valence-electron chi connectivity index (χ0n) is 20.5. The van der Waals surface area contributed by atoms with Crippen LogP contribution in [0.2, 0.25) is 0 Å². The van der Waals surface area contributed by atoms with E-state index in [-0.39, 0.29) is 23.2 Å². The predicted molar refractivity (Wildman–Crippen MR) is 146 cm³/mol. The number of rotatable bonds is 0. The van der Waals surface area contributed by atoms with Gasteiger partial charge in [-0.2, -0.15) is 0 Å². The van der Waals surface area contributed by atoms with Gasteiger partial charge in [-0.15, -0.1) is 0 Å². The molecule has 3 heterocycles. The highest BCUT2D eigenvalue weighted by Gasteiger charge is 2.32. The van der Waals surface area contributed by atoms with Crippen LogP contribution in [0.4, 0.5) is 0 Å². The van der Waals surface area contributed by atoms with Crippen LogP contribution in [0.5, 0.6) is 0 Å². The highest BCUT2D eigenvalue weighted by molar-refractivity contribution is 14.1. The molecule has 6 bridgehead atoms. The van der Waals surface area contributed by atoms with Crippen molar-refractivity contribution in [2.24, 2.45) is 11.3 Å². The predicted octanol–water partition coefficient (Wildman–Crippen LogP) is 5.24. The van der Waals surface area contributed by atoms with Crippen molar-refractivity contribution in [2.75, 3.05) is 13.2 Å². The molecule has 0 unspecified atom stereocenters. The second-order valence-corrected chi connectivity index (χ2v) is 11.8. The van der Waals surface area contributed by atoms with Gasteiger partial charge in [0.25, 0.3) is 0 Å². The molecule has 1 saturated heterocycles. The van der Waals surface area contributed by atoms with Crippen LogP contribution in [0.15, 0.2) is 42.5 Å². The third-order valence-electron chi connectivity index (χ3n) is 7.08. The summed E-state index contributed by atoms with van der Waals surface area (Å²) in [6.45, 7) is 7.14. The number of amides is 1. The summed E-state index contributed by atoms with van der Waals surface area (Å²) in [5.74, 6) is -0.471. The van der Waals surface area contributed by atoms with E-state index in [1.165, 1.54) is 10.9 Å². The van der Waals surface area contributed by atoms with Gasteiger partial charge in [0.2, 0.25) is 5.91 Å². The third-order valence-corrected chi connectivity index (χ3v) is 8.00. The molecule has 0 aliphatic carbocycles. The number of carbonyl (C=O) groups excluding carboxylic acids is 2. The Hall–Kier alpha value is -2.39. The molecule has 1 amide bonds. The molecular weight excluding hydrogens is 553 g/mol. The molecule has 0 saturated carbocycles. The normalized spacial score (nSPS) is 23.1. The van der Waals surface area contributed by atoms with Crippen molar-refractivity contribution in [1.82, 2.24) is 15.4 Å². The minimum atomic E-state index is -0.492. The highest BCUT2D eigenvalue weighted by atomic mass is 127. The number of hydrogen-bond donors (Lipinski definition) is 2. The number of nitrogens with one attached hydrogen (secondary N) is 2. The number of nitrogens with zero attached hydrogens (tertiary/aromatic N) is 1. The van der Waals surface area contributed by atoms with Gasteiger partial charge in [0.1, 0.15) is 6.04 Å². The van der Waals surface area contributed by atoms with E-state index in [0.29, 0.717) is 26.0 Å². The lowest BCUT2D eigenvalue weighted by Gasteiger charge is -2.35. The third kappa shape index (κ3) is 5.11. The molecule has 35 heavy (non-hydrogen) atoms. The first kappa shape index (κ1) is 24.3. The molecular formula is C28H32IN3O3. The molecule has 2 aromatic carbocycles. The smallest absolute Gasteiger partial charge is 0.324 e. The van der Waals surface area contributed by atoms with Gasteiger partial charge in [-0.3, -0.25) is 14.6 Å². The Bertz CT molecular complexity index is 1280. The van der Waals surface area contributed by atoms with Crippen molar-refractivity contribution >= 4 is 45.4 Å². The monoisotopic (exact) mass is 585 g/mol. The van der Waals surface area contributed by atoms with E-state index in [9.17, 15) is 9.59 Å². The fourth-order valence-corrected chi connectivity index (χ4v) is 5.94. The Kier molecular flexibility index (Phi) is 6.65. The lowest BCUT2D eigenvalue weighted by molar-refractivity contribution is -0.155. The lowest BCUT2D eigenvalue weighted by atomic mass is 9.86. The molecule has 1 aromatic heterocycles. The molecule has 0 spiro atoms. The van der Waals surface area contributed by atoms with E-state index in [1.54, 1.807) is 5.01 Å². The van der Waals surface area contributed by atoms with Crippen molar-refractivity contribution in [1.29, 1.82) is 0 Å². The molecule has 5 rings (SSSR count). The zero-order valence-corrected chi connectivity index (χ0v) is 22.6. The zero-order chi connectivity index (χ0) is 24.7. The summed E-state index contributed by atoms with van der Waals surface area (Å²) in [6.07, 6.45) is 2.87. The van der Waals surface area contributed by atoms with Crippen molar-refractivity contribution in [2.45, 2.75) is 52.5 Å². The SMILES string of the molecule is C[C@H]1Cc2cccc(c2)-c2ccc3[nH]c(I)c(c3c2)CC(C)(C)COC(=O)[C@@H]2CCCN(N2)C1=O. The number of H-pyrrole nitrogens is 1. The Labute approximate surface area is 219 Å². The standard InChI is InChI=1S/C28H32IN3O3/c1-17-12-18-6-4-7-19(13-18)20-9-10-23-21(14-20)22(25(29)30-23)15-28(2,3)16-35-27(34)24-8-5-11-32(31-24)26(17)33/h4,6-7,9-10,13-14,17,24,30-31H,5,8,11-12,15-16H2,1-3H3/t17-,24-/m0/s1. The first-order valence-corrected chi connectivity index (χ1v) is 13.4. The molecule has 6 nitrogen and oxygen atoms in total. The van der Waals surface area contributed by atoms with Crippen LogP contribution in [0.25, 0.3) is 22.0 Å². The molecule has 1 fully saturated rings. The van der Waals surface area contributed by atoms with Gasteiger partial charge >= 0.3 is 5.97 Å². The number of fused-ring (bicyclic) bond motifs is 6. The van der Waals surface area contributed by atoms with Crippen LogP contribution in [0.3, 0.4) is 0 Å². The van der Waals surface area contributed by atoms with E-state index in [0.717, 1.165) is 38.7 Å². The van der Waals surface area contributed by atoms with E-state index < -0.39 is 6.04 Å². The summed E-state index contributed by atoms with van der Waals surface area (Å²) < 4.78 is 6.92. The summed E-state index contributed by atoms with van der Waals surface area (Å²) >= 11 is 2.37.